The van der Waals surface area contributed by atoms with E-state index in [4.69, 9.17) is 14.7 Å². The number of nitrogens with one attached hydrogen (secondary N) is 1. The van der Waals surface area contributed by atoms with Crippen molar-refractivity contribution in [2.45, 2.75) is 6.92 Å². The van der Waals surface area contributed by atoms with Crippen LogP contribution in [0.5, 0.6) is 0 Å². The molecule has 0 atom stereocenters. The number of morpholine rings is 1. The molecule has 22 heavy (non-hydrogen) atoms. The maximum absolute atomic E-state index is 11.5. The number of carbonyl (C=O) groups is 1. The third-order valence-corrected chi connectivity index (χ3v) is 3.24. The fourth-order valence-corrected chi connectivity index (χ4v) is 2.09. The number of ether oxygens (including phenoxy) is 2. The largest absolute Gasteiger partial charge is 0.462 e. The molecule has 0 aromatic heterocycles. The maximum Gasteiger partial charge on any atom is 0.350 e. The quantitative estimate of drug-likeness (QED) is 0.509. The van der Waals surface area contributed by atoms with Crippen molar-refractivity contribution in [3.8, 4) is 6.07 Å². The summed E-state index contributed by atoms with van der Waals surface area (Å²) in [5, 5.41) is 11.9. The first-order valence-corrected chi connectivity index (χ1v) is 7.21. The fraction of sp³-hybridized carbons (Fsp3) is 0.375. The number of nitriles is 1. The molecule has 6 heteroatoms. The second-order valence-electron chi connectivity index (χ2n) is 4.68. The summed E-state index contributed by atoms with van der Waals surface area (Å²) in [6.07, 6.45) is 1.36. The first-order chi connectivity index (χ1) is 10.7. The summed E-state index contributed by atoms with van der Waals surface area (Å²) in [7, 11) is 0. The summed E-state index contributed by atoms with van der Waals surface area (Å²) in [4.78, 5) is 13.7. The van der Waals surface area contributed by atoms with Crippen molar-refractivity contribution in [3.63, 3.8) is 0 Å². The van der Waals surface area contributed by atoms with Crippen LogP contribution in [0.3, 0.4) is 0 Å². The third kappa shape index (κ3) is 4.24. The fourth-order valence-electron chi connectivity index (χ4n) is 2.09. The molecule has 2 rings (SSSR count). The van der Waals surface area contributed by atoms with Gasteiger partial charge in [0, 0.05) is 30.7 Å². The number of hydrogen-bond acceptors (Lipinski definition) is 6. The van der Waals surface area contributed by atoms with Gasteiger partial charge in [-0.25, -0.2) is 4.79 Å². The average molecular weight is 301 g/mol. The van der Waals surface area contributed by atoms with Gasteiger partial charge in [0.1, 0.15) is 6.07 Å². The molecule has 0 saturated carbocycles. The Labute approximate surface area is 129 Å². The lowest BCUT2D eigenvalue weighted by Crippen LogP contribution is -2.36. The van der Waals surface area contributed by atoms with Crippen molar-refractivity contribution in [1.82, 2.24) is 0 Å². The number of esters is 1. The van der Waals surface area contributed by atoms with Gasteiger partial charge in [0.25, 0.3) is 0 Å². The van der Waals surface area contributed by atoms with E-state index in [2.05, 4.69) is 10.2 Å². The lowest BCUT2D eigenvalue weighted by Gasteiger charge is -2.28. The predicted molar refractivity (Wildman–Crippen MR) is 83.4 cm³/mol. The molecule has 1 N–H and O–H groups in total. The van der Waals surface area contributed by atoms with E-state index >= 15 is 0 Å². The number of nitrogens with zero attached hydrogens (tertiary/aromatic N) is 2. The van der Waals surface area contributed by atoms with Crippen LogP contribution in [-0.2, 0) is 14.3 Å². The standard InChI is InChI=1S/C16H19N3O3/c1-2-22-16(20)13(11-17)12-18-14-3-5-15(6-4-14)19-7-9-21-10-8-19/h3-6,12,18H,2,7-10H2,1H3/b13-12+. The lowest BCUT2D eigenvalue weighted by molar-refractivity contribution is -0.138. The van der Waals surface area contributed by atoms with Crippen LogP contribution in [-0.4, -0.2) is 38.9 Å². The van der Waals surface area contributed by atoms with Crippen molar-refractivity contribution in [2.24, 2.45) is 0 Å². The van der Waals surface area contributed by atoms with Gasteiger partial charge in [0.2, 0.25) is 0 Å². The average Bonchev–Trinajstić information content (AvgIpc) is 2.57. The van der Waals surface area contributed by atoms with Gasteiger partial charge in [-0.05, 0) is 31.2 Å². The van der Waals surface area contributed by atoms with Crippen molar-refractivity contribution in [3.05, 3.63) is 36.0 Å². The molecular formula is C16H19N3O3. The third-order valence-electron chi connectivity index (χ3n) is 3.24. The maximum atomic E-state index is 11.5. The van der Waals surface area contributed by atoms with Gasteiger partial charge in [0.05, 0.1) is 19.8 Å². The highest BCUT2D eigenvalue weighted by Crippen LogP contribution is 2.19. The lowest BCUT2D eigenvalue weighted by atomic mass is 10.2. The molecule has 0 amide bonds. The summed E-state index contributed by atoms with van der Waals surface area (Å²) >= 11 is 0. The second kappa shape index (κ2) is 8.05. The second-order valence-corrected chi connectivity index (χ2v) is 4.68. The number of rotatable bonds is 5. The Balaban J connectivity index is 1.98. The monoisotopic (exact) mass is 301 g/mol. The highest BCUT2D eigenvalue weighted by atomic mass is 16.5. The summed E-state index contributed by atoms with van der Waals surface area (Å²) < 4.78 is 10.1. The van der Waals surface area contributed by atoms with E-state index in [0.29, 0.717) is 0 Å². The van der Waals surface area contributed by atoms with Gasteiger partial charge in [-0.3, -0.25) is 0 Å². The zero-order valence-electron chi connectivity index (χ0n) is 12.5. The zero-order chi connectivity index (χ0) is 15.8. The van der Waals surface area contributed by atoms with Crippen LogP contribution in [0.15, 0.2) is 36.0 Å². The summed E-state index contributed by atoms with van der Waals surface area (Å²) in [5.41, 5.74) is 1.87. The molecule has 1 aromatic rings. The Bertz CT molecular complexity index is 569. The SMILES string of the molecule is CCOC(=O)/C(C#N)=C/Nc1ccc(N2CCOCC2)cc1. The molecule has 6 nitrogen and oxygen atoms in total. The molecule has 1 aliphatic rings. The van der Waals surface area contributed by atoms with Gasteiger partial charge < -0.3 is 19.7 Å². The van der Waals surface area contributed by atoms with Crippen LogP contribution in [0.4, 0.5) is 11.4 Å². The first-order valence-electron chi connectivity index (χ1n) is 7.21. The summed E-state index contributed by atoms with van der Waals surface area (Å²) in [5.74, 6) is -0.623. The molecule has 0 bridgehead atoms. The molecular weight excluding hydrogens is 282 g/mol. The van der Waals surface area contributed by atoms with Crippen LogP contribution >= 0.6 is 0 Å². The first kappa shape index (κ1) is 15.9. The Kier molecular flexibility index (Phi) is 5.81. The van der Waals surface area contributed by atoms with Crippen LogP contribution in [0.25, 0.3) is 0 Å². The van der Waals surface area contributed by atoms with Crippen LogP contribution in [0.1, 0.15) is 6.92 Å². The van der Waals surface area contributed by atoms with Crippen molar-refractivity contribution in [1.29, 1.82) is 5.26 Å². The molecule has 0 radical (unpaired) electrons. The topological polar surface area (TPSA) is 74.6 Å². The van der Waals surface area contributed by atoms with Crippen molar-refractivity contribution < 1.29 is 14.3 Å². The van der Waals surface area contributed by atoms with Crippen LogP contribution in [0, 0.1) is 11.3 Å². The number of carbonyl (C=O) groups excluding carboxylic acids is 1. The Hall–Kier alpha value is -2.52. The molecule has 1 aromatic carbocycles. The van der Waals surface area contributed by atoms with E-state index in [0.717, 1.165) is 37.7 Å². The van der Waals surface area contributed by atoms with E-state index < -0.39 is 5.97 Å². The minimum atomic E-state index is -0.623. The molecule has 1 fully saturated rings. The molecule has 116 valence electrons. The molecule has 0 aliphatic carbocycles. The van der Waals surface area contributed by atoms with Gasteiger partial charge in [-0.15, -0.1) is 0 Å². The van der Waals surface area contributed by atoms with Gasteiger partial charge in [-0.2, -0.15) is 5.26 Å². The summed E-state index contributed by atoms with van der Waals surface area (Å²) in [6.45, 7) is 5.20. The van der Waals surface area contributed by atoms with Gasteiger partial charge in [-0.1, -0.05) is 0 Å². The molecule has 1 aliphatic heterocycles. The van der Waals surface area contributed by atoms with Crippen molar-refractivity contribution in [2.75, 3.05) is 43.1 Å². The zero-order valence-corrected chi connectivity index (χ0v) is 12.5. The minimum Gasteiger partial charge on any atom is -0.462 e. The summed E-state index contributed by atoms with van der Waals surface area (Å²) in [6, 6.07) is 9.63. The Morgan fingerprint density at radius 1 is 1.41 bits per heavy atom. The van der Waals surface area contributed by atoms with Gasteiger partial charge >= 0.3 is 5.97 Å². The van der Waals surface area contributed by atoms with Crippen LogP contribution in [0.2, 0.25) is 0 Å². The molecule has 1 saturated heterocycles. The van der Waals surface area contributed by atoms with E-state index in [1.807, 2.05) is 30.3 Å². The normalized spacial score (nSPS) is 15.1. The van der Waals surface area contributed by atoms with Gasteiger partial charge in [0.15, 0.2) is 5.57 Å². The van der Waals surface area contributed by atoms with E-state index in [1.54, 1.807) is 6.92 Å². The predicted octanol–water partition coefficient (Wildman–Crippen LogP) is 1.91. The Morgan fingerprint density at radius 2 is 2.09 bits per heavy atom. The van der Waals surface area contributed by atoms with E-state index in [-0.39, 0.29) is 12.2 Å². The minimum absolute atomic E-state index is 0.0564. The number of anilines is 2. The van der Waals surface area contributed by atoms with E-state index in [1.165, 1.54) is 6.20 Å². The number of benzene rings is 1. The highest BCUT2D eigenvalue weighted by Gasteiger charge is 2.11. The highest BCUT2D eigenvalue weighted by molar-refractivity contribution is 5.93. The number of hydrogen-bond donors (Lipinski definition) is 1. The molecule has 1 heterocycles. The molecule has 0 spiro atoms. The Morgan fingerprint density at radius 3 is 2.68 bits per heavy atom. The van der Waals surface area contributed by atoms with E-state index in [9.17, 15) is 4.79 Å². The molecule has 0 unspecified atom stereocenters. The van der Waals surface area contributed by atoms with Crippen molar-refractivity contribution >= 4 is 17.3 Å². The smallest absolute Gasteiger partial charge is 0.350 e. The van der Waals surface area contributed by atoms with Crippen LogP contribution < -0.4 is 10.2 Å².